The molecule has 0 saturated heterocycles. The van der Waals surface area contributed by atoms with Crippen molar-refractivity contribution < 1.29 is 19.1 Å². The molecule has 0 fully saturated rings. The van der Waals surface area contributed by atoms with Crippen molar-refractivity contribution in [3.8, 4) is 0 Å². The molecule has 2 amide bonds. The molecule has 0 unspecified atom stereocenters. The summed E-state index contributed by atoms with van der Waals surface area (Å²) in [6.07, 6.45) is 0.459. The van der Waals surface area contributed by atoms with Crippen molar-refractivity contribution in [2.45, 2.75) is 19.3 Å². The second kappa shape index (κ2) is 10.5. The van der Waals surface area contributed by atoms with E-state index in [1.807, 2.05) is 0 Å². The summed E-state index contributed by atoms with van der Waals surface area (Å²) < 4.78 is 4.89. The summed E-state index contributed by atoms with van der Waals surface area (Å²) in [5.41, 5.74) is 1.03. The molecule has 2 aromatic rings. The number of carbonyl (C=O) groups is 3. The first-order valence-corrected chi connectivity index (χ1v) is 8.95. The summed E-state index contributed by atoms with van der Waals surface area (Å²) in [4.78, 5) is 35.3. The zero-order valence-electron chi connectivity index (χ0n) is 14.3. The van der Waals surface area contributed by atoms with E-state index in [1.165, 1.54) is 0 Å². The van der Waals surface area contributed by atoms with Gasteiger partial charge in [-0.15, -0.1) is 0 Å². The van der Waals surface area contributed by atoms with Crippen LogP contribution in [-0.2, 0) is 19.1 Å². The topological polar surface area (TPSA) is 84.5 Å². The Morgan fingerprint density at radius 1 is 0.889 bits per heavy atom. The van der Waals surface area contributed by atoms with Crippen LogP contribution in [0.1, 0.15) is 19.3 Å². The third-order valence-corrected chi connectivity index (χ3v) is 3.97. The number of hydrogen-bond acceptors (Lipinski definition) is 4. The molecule has 2 rings (SSSR count). The highest BCUT2D eigenvalue weighted by Gasteiger charge is 2.10. The van der Waals surface area contributed by atoms with E-state index in [-0.39, 0.29) is 18.7 Å². The van der Waals surface area contributed by atoms with E-state index in [2.05, 4.69) is 10.6 Å². The SMILES string of the molecule is O=C(COC(=O)CCCC(=O)Nc1ccccc1Cl)Nc1cccc(Cl)c1. The van der Waals surface area contributed by atoms with Crippen LogP contribution in [0.2, 0.25) is 10.0 Å². The van der Waals surface area contributed by atoms with Crippen molar-refractivity contribution in [1.29, 1.82) is 0 Å². The number of hydrogen-bond donors (Lipinski definition) is 2. The zero-order valence-corrected chi connectivity index (χ0v) is 15.8. The second-order valence-electron chi connectivity index (χ2n) is 5.60. The van der Waals surface area contributed by atoms with Crippen molar-refractivity contribution in [1.82, 2.24) is 0 Å². The lowest BCUT2D eigenvalue weighted by Crippen LogP contribution is -2.21. The maximum absolute atomic E-state index is 11.8. The maximum atomic E-state index is 11.8. The highest BCUT2D eigenvalue weighted by molar-refractivity contribution is 6.33. The van der Waals surface area contributed by atoms with Crippen LogP contribution in [-0.4, -0.2) is 24.4 Å². The number of anilines is 2. The van der Waals surface area contributed by atoms with Gasteiger partial charge < -0.3 is 15.4 Å². The van der Waals surface area contributed by atoms with Crippen LogP contribution < -0.4 is 10.6 Å². The van der Waals surface area contributed by atoms with E-state index in [9.17, 15) is 14.4 Å². The predicted octanol–water partition coefficient (Wildman–Crippen LogP) is 4.28. The molecule has 0 atom stereocenters. The van der Waals surface area contributed by atoms with Crippen molar-refractivity contribution in [3.63, 3.8) is 0 Å². The van der Waals surface area contributed by atoms with E-state index in [0.29, 0.717) is 27.8 Å². The number of rotatable bonds is 8. The molecule has 0 aromatic heterocycles. The van der Waals surface area contributed by atoms with Crippen LogP contribution in [0.15, 0.2) is 48.5 Å². The zero-order chi connectivity index (χ0) is 19.6. The molecule has 2 N–H and O–H groups in total. The minimum Gasteiger partial charge on any atom is -0.456 e. The van der Waals surface area contributed by atoms with Crippen LogP contribution >= 0.6 is 23.2 Å². The lowest BCUT2D eigenvalue weighted by atomic mass is 10.2. The molecule has 0 aliphatic heterocycles. The first kappa shape index (κ1) is 20.7. The number of esters is 1. The molecule has 8 heteroatoms. The Balaban J connectivity index is 1.63. The average Bonchev–Trinajstić information content (AvgIpc) is 2.62. The molecule has 142 valence electrons. The number of nitrogens with one attached hydrogen (secondary N) is 2. The first-order chi connectivity index (χ1) is 12.9. The Kier molecular flexibility index (Phi) is 8.10. The molecule has 0 aliphatic rings. The van der Waals surface area contributed by atoms with Gasteiger partial charge in [0.2, 0.25) is 5.91 Å². The van der Waals surface area contributed by atoms with Crippen LogP contribution in [0.3, 0.4) is 0 Å². The fourth-order valence-electron chi connectivity index (χ4n) is 2.15. The molecular weight excluding hydrogens is 391 g/mol. The third-order valence-electron chi connectivity index (χ3n) is 3.41. The highest BCUT2D eigenvalue weighted by Crippen LogP contribution is 2.20. The number of amides is 2. The van der Waals surface area contributed by atoms with Crippen molar-refractivity contribution in [2.24, 2.45) is 0 Å². The van der Waals surface area contributed by atoms with E-state index < -0.39 is 18.5 Å². The molecule has 0 aliphatic carbocycles. The summed E-state index contributed by atoms with van der Waals surface area (Å²) in [5.74, 6) is -1.28. The summed E-state index contributed by atoms with van der Waals surface area (Å²) in [7, 11) is 0. The van der Waals surface area contributed by atoms with Crippen molar-refractivity contribution in [2.75, 3.05) is 17.2 Å². The van der Waals surface area contributed by atoms with Gasteiger partial charge in [-0.2, -0.15) is 0 Å². The Morgan fingerprint density at radius 3 is 2.41 bits per heavy atom. The van der Waals surface area contributed by atoms with Gasteiger partial charge in [-0.1, -0.05) is 41.4 Å². The Hall–Kier alpha value is -2.57. The van der Waals surface area contributed by atoms with Crippen LogP contribution in [0.25, 0.3) is 0 Å². The van der Waals surface area contributed by atoms with Gasteiger partial charge in [-0.05, 0) is 36.8 Å². The first-order valence-electron chi connectivity index (χ1n) is 8.19. The standard InChI is InChI=1S/C19H18Cl2N2O4/c20-13-5-3-6-14(11-13)22-18(25)12-27-19(26)10-4-9-17(24)23-16-8-2-1-7-15(16)21/h1-3,5-8,11H,4,9-10,12H2,(H,22,25)(H,23,24). The van der Waals surface area contributed by atoms with E-state index in [0.717, 1.165) is 0 Å². The third kappa shape index (κ3) is 7.68. The second-order valence-corrected chi connectivity index (χ2v) is 6.44. The van der Waals surface area contributed by atoms with E-state index in [4.69, 9.17) is 27.9 Å². The van der Waals surface area contributed by atoms with Gasteiger partial charge in [-0.3, -0.25) is 14.4 Å². The molecule has 0 spiro atoms. The Labute approximate surface area is 166 Å². The van der Waals surface area contributed by atoms with E-state index in [1.54, 1.807) is 48.5 Å². The minimum absolute atomic E-state index is 0.0282. The summed E-state index contributed by atoms with van der Waals surface area (Å²) >= 11 is 11.8. The van der Waals surface area contributed by atoms with Gasteiger partial charge in [-0.25, -0.2) is 0 Å². The smallest absolute Gasteiger partial charge is 0.306 e. The lowest BCUT2D eigenvalue weighted by Gasteiger charge is -2.08. The molecule has 0 heterocycles. The fourth-order valence-corrected chi connectivity index (χ4v) is 2.52. The molecular formula is C19H18Cl2N2O4. The molecule has 0 radical (unpaired) electrons. The maximum Gasteiger partial charge on any atom is 0.306 e. The van der Waals surface area contributed by atoms with Crippen LogP contribution in [0.4, 0.5) is 11.4 Å². The van der Waals surface area contributed by atoms with Gasteiger partial charge in [0.05, 0.1) is 10.7 Å². The Bertz CT molecular complexity index is 827. The van der Waals surface area contributed by atoms with Gasteiger partial charge in [0, 0.05) is 23.6 Å². The predicted molar refractivity (Wildman–Crippen MR) is 105 cm³/mol. The van der Waals surface area contributed by atoms with Crippen LogP contribution in [0.5, 0.6) is 0 Å². The van der Waals surface area contributed by atoms with E-state index >= 15 is 0 Å². The largest absolute Gasteiger partial charge is 0.456 e. The fraction of sp³-hybridized carbons (Fsp3) is 0.211. The van der Waals surface area contributed by atoms with Crippen molar-refractivity contribution >= 4 is 52.4 Å². The lowest BCUT2D eigenvalue weighted by molar-refractivity contribution is -0.147. The molecule has 2 aromatic carbocycles. The normalized spacial score (nSPS) is 10.1. The number of para-hydroxylation sites is 1. The highest BCUT2D eigenvalue weighted by atomic mass is 35.5. The molecule has 0 bridgehead atoms. The quantitative estimate of drug-likeness (QED) is 0.638. The van der Waals surface area contributed by atoms with Crippen LogP contribution in [0, 0.1) is 0 Å². The number of ether oxygens (including phenoxy) is 1. The van der Waals surface area contributed by atoms with Crippen molar-refractivity contribution in [3.05, 3.63) is 58.6 Å². The summed E-state index contributed by atoms with van der Waals surface area (Å²) in [6.45, 7) is -0.406. The summed E-state index contributed by atoms with van der Waals surface area (Å²) in [6, 6.07) is 13.5. The number of benzene rings is 2. The monoisotopic (exact) mass is 408 g/mol. The van der Waals surface area contributed by atoms with Gasteiger partial charge >= 0.3 is 5.97 Å². The minimum atomic E-state index is -0.554. The van der Waals surface area contributed by atoms with Gasteiger partial charge in [0.25, 0.3) is 5.91 Å². The van der Waals surface area contributed by atoms with Gasteiger partial charge in [0.15, 0.2) is 6.61 Å². The Morgan fingerprint density at radius 2 is 1.67 bits per heavy atom. The molecule has 0 saturated carbocycles. The number of halogens is 2. The molecule has 6 nitrogen and oxygen atoms in total. The summed E-state index contributed by atoms with van der Waals surface area (Å²) in [5, 5.41) is 6.16. The number of carbonyl (C=O) groups excluding carboxylic acids is 3. The van der Waals surface area contributed by atoms with Gasteiger partial charge in [0.1, 0.15) is 0 Å². The average molecular weight is 409 g/mol. The molecule has 27 heavy (non-hydrogen) atoms.